The van der Waals surface area contributed by atoms with Crippen LogP contribution in [0.2, 0.25) is 0 Å². The van der Waals surface area contributed by atoms with Gasteiger partial charge in [0.05, 0.1) is 72.1 Å². The fourth-order valence-corrected chi connectivity index (χ4v) is 11.2. The predicted molar refractivity (Wildman–Crippen MR) is 276 cm³/mol. The summed E-state index contributed by atoms with van der Waals surface area (Å²) in [6.07, 6.45) is 15.6. The Labute approximate surface area is 397 Å². The van der Waals surface area contributed by atoms with E-state index in [1.807, 2.05) is 17.8 Å². The van der Waals surface area contributed by atoms with Crippen molar-refractivity contribution in [2.24, 2.45) is 0 Å². The topological polar surface area (TPSA) is 72.6 Å². The molecule has 0 saturated carbocycles. The van der Waals surface area contributed by atoms with E-state index in [-0.39, 0.29) is 15.8 Å². The van der Waals surface area contributed by atoms with Crippen molar-refractivity contribution in [1.82, 2.24) is 5.32 Å². The highest BCUT2D eigenvalue weighted by atomic mass is 32.2. The van der Waals surface area contributed by atoms with Crippen LogP contribution in [0.4, 0.5) is 11.4 Å². The molecule has 65 heavy (non-hydrogen) atoms. The number of hydrogen-bond acceptors (Lipinski definition) is 5. The number of aryl methyl sites for hydroxylation is 1. The molecule has 6 rings (SSSR count). The van der Waals surface area contributed by atoms with E-state index in [2.05, 4.69) is 179 Å². The van der Waals surface area contributed by atoms with E-state index in [4.69, 9.17) is 0 Å². The number of anilines is 1. The molecule has 0 spiro atoms. The van der Waals surface area contributed by atoms with Gasteiger partial charge < -0.3 is 19.2 Å². The first-order valence-electron chi connectivity index (χ1n) is 23.8. The van der Waals surface area contributed by atoms with Gasteiger partial charge in [-0.1, -0.05) is 67.6 Å². The first-order valence-corrected chi connectivity index (χ1v) is 26.0. The third-order valence-electron chi connectivity index (χ3n) is 13.2. The van der Waals surface area contributed by atoms with Crippen LogP contribution in [0, 0.1) is 6.92 Å². The Hall–Kier alpha value is -3.77. The molecule has 0 aromatic heterocycles. The molecular weight excluding hydrogens is 843 g/mol. The Morgan fingerprint density at radius 2 is 1.51 bits per heavy atom. The van der Waals surface area contributed by atoms with Crippen LogP contribution in [0.25, 0.3) is 0 Å². The van der Waals surface area contributed by atoms with Gasteiger partial charge in [-0.2, -0.15) is 13.0 Å². The fraction of sp³-hybridized carbons (Fsp3) is 0.509. The van der Waals surface area contributed by atoms with Crippen LogP contribution in [0.15, 0.2) is 117 Å². The number of nitrogens with zero attached hydrogens (tertiary/aromatic N) is 4. The van der Waals surface area contributed by atoms with Gasteiger partial charge in [-0.25, -0.2) is 0 Å². The predicted octanol–water partition coefficient (Wildman–Crippen LogP) is 11.1. The zero-order valence-electron chi connectivity index (χ0n) is 42.2. The fourth-order valence-electron chi connectivity index (χ4n) is 9.63. The third kappa shape index (κ3) is 12.6. The van der Waals surface area contributed by atoms with E-state index in [0.29, 0.717) is 0 Å². The third-order valence-corrected chi connectivity index (χ3v) is 15.3. The maximum atomic E-state index is 12.4. The van der Waals surface area contributed by atoms with Crippen LogP contribution in [-0.4, -0.2) is 113 Å². The number of fused-ring (bicyclic) bond motifs is 2. The molecule has 0 unspecified atom stereocenters. The number of quaternary nitrogens is 2. The molecule has 2 heterocycles. The standard InChI is InChI=1S/C55H79N5O3S2/c1-40-20-28-48-46(38-40)54(5,6)50(57(48)34-16-36-59(9,10)11)30-23-42-18-15-19-43(52(42)64-44-25-21-41(22-26-44)32-33-56-53(2,3)4)24-31-51-55(7,8)47-39-45(65(61,62)63)27-29-49(47)58(51)35-17-37-60(12,13)14/h20-31,38-39,56H,15-19,32-37H2,1-14H3/q+2/p+1. The van der Waals surface area contributed by atoms with Gasteiger partial charge in [0.2, 0.25) is 5.69 Å². The molecule has 8 nitrogen and oxygen atoms in total. The lowest BCUT2D eigenvalue weighted by Gasteiger charge is -2.29. The molecule has 3 aromatic rings. The maximum Gasteiger partial charge on any atom is 0.294 e. The van der Waals surface area contributed by atoms with E-state index in [9.17, 15) is 13.0 Å². The van der Waals surface area contributed by atoms with Gasteiger partial charge >= 0.3 is 0 Å². The molecule has 0 atom stereocenters. The van der Waals surface area contributed by atoms with Crippen LogP contribution in [-0.2, 0) is 27.4 Å². The van der Waals surface area contributed by atoms with Crippen molar-refractivity contribution in [2.45, 2.75) is 120 Å². The summed E-state index contributed by atoms with van der Waals surface area (Å²) in [7, 11) is 9.13. The Morgan fingerprint density at radius 3 is 2.15 bits per heavy atom. The van der Waals surface area contributed by atoms with Gasteiger partial charge in [-0.3, -0.25) is 4.55 Å². The van der Waals surface area contributed by atoms with Crippen molar-refractivity contribution in [3.05, 3.63) is 129 Å². The molecule has 0 bridgehead atoms. The molecule has 352 valence electrons. The molecule has 2 N–H and O–H groups in total. The lowest BCUT2D eigenvalue weighted by Crippen LogP contribution is -2.37. The van der Waals surface area contributed by atoms with E-state index in [0.717, 1.165) is 97.2 Å². The Kier molecular flexibility index (Phi) is 15.2. The zero-order chi connectivity index (χ0) is 47.8. The van der Waals surface area contributed by atoms with Crippen molar-refractivity contribution < 1.29 is 26.5 Å². The minimum absolute atomic E-state index is 0.0643. The summed E-state index contributed by atoms with van der Waals surface area (Å²) in [5.74, 6) is 0. The van der Waals surface area contributed by atoms with Crippen LogP contribution in [0.5, 0.6) is 0 Å². The molecule has 3 aliphatic rings. The Bertz CT molecular complexity index is 2500. The minimum atomic E-state index is -4.36. The molecule has 0 saturated heterocycles. The second kappa shape index (κ2) is 19.4. The first-order chi connectivity index (χ1) is 30.1. The summed E-state index contributed by atoms with van der Waals surface area (Å²) in [5.41, 5.74) is 11.9. The molecule has 2 aliphatic heterocycles. The molecule has 0 fully saturated rings. The number of rotatable bonds is 17. The number of allylic oxidation sites excluding steroid dienone is 7. The monoisotopic (exact) mass is 923 g/mol. The summed E-state index contributed by atoms with van der Waals surface area (Å²) in [5, 5.41) is 3.63. The molecular formula is C55H80N5O3S2+3. The Balaban J connectivity index is 1.45. The van der Waals surface area contributed by atoms with Gasteiger partial charge in [-0.15, -0.1) is 0 Å². The Morgan fingerprint density at radius 1 is 0.831 bits per heavy atom. The van der Waals surface area contributed by atoms with Crippen molar-refractivity contribution in [2.75, 3.05) is 79.9 Å². The van der Waals surface area contributed by atoms with Crippen LogP contribution in [0.3, 0.4) is 0 Å². The summed E-state index contributed by atoms with van der Waals surface area (Å²) in [4.78, 5) is 5.06. The van der Waals surface area contributed by atoms with Crippen molar-refractivity contribution in [3.8, 4) is 0 Å². The molecule has 10 heteroatoms. The number of thioether (sulfide) groups is 1. The van der Waals surface area contributed by atoms with Crippen LogP contribution < -0.4 is 10.2 Å². The average Bonchev–Trinajstić information content (AvgIpc) is 3.52. The van der Waals surface area contributed by atoms with Crippen LogP contribution >= 0.6 is 11.8 Å². The summed E-state index contributed by atoms with van der Waals surface area (Å²) in [6.45, 7) is 22.8. The zero-order valence-corrected chi connectivity index (χ0v) is 43.9. The van der Waals surface area contributed by atoms with Crippen molar-refractivity contribution in [3.63, 3.8) is 0 Å². The smallest absolute Gasteiger partial charge is 0.294 e. The van der Waals surface area contributed by atoms with E-state index in [1.54, 1.807) is 6.07 Å². The lowest BCUT2D eigenvalue weighted by atomic mass is 9.81. The first kappa shape index (κ1) is 50.6. The van der Waals surface area contributed by atoms with Crippen molar-refractivity contribution in [1.29, 1.82) is 0 Å². The highest BCUT2D eigenvalue weighted by Crippen LogP contribution is 2.49. The maximum absolute atomic E-state index is 12.4. The SMILES string of the molecule is Cc1ccc2c(c1)C(C)(C)C(=CC=C1CCCC(C=CC3=[N+](CCC[N+](C)(C)C)c4ccc(S(=O)(=O)O)cc4C3(C)C)=C1Sc1ccc(CCNC(C)(C)C)cc1)N2CCC[N+](C)(C)C. The highest BCUT2D eigenvalue weighted by Gasteiger charge is 2.45. The van der Waals surface area contributed by atoms with Gasteiger partial charge in [0, 0.05) is 62.8 Å². The highest BCUT2D eigenvalue weighted by molar-refractivity contribution is 8.03. The summed E-state index contributed by atoms with van der Waals surface area (Å²) < 4.78 is 39.0. The van der Waals surface area contributed by atoms with Crippen LogP contribution in [0.1, 0.15) is 103 Å². The summed E-state index contributed by atoms with van der Waals surface area (Å²) >= 11 is 1.88. The molecule has 0 radical (unpaired) electrons. The van der Waals surface area contributed by atoms with E-state index < -0.39 is 15.5 Å². The van der Waals surface area contributed by atoms with Gasteiger partial charge in [0.15, 0.2) is 12.3 Å². The minimum Gasteiger partial charge on any atom is -0.344 e. The molecule has 1 aliphatic carbocycles. The second-order valence-electron chi connectivity index (χ2n) is 22.8. The largest absolute Gasteiger partial charge is 0.344 e. The lowest BCUT2D eigenvalue weighted by molar-refractivity contribution is -0.871. The number of nitrogens with one attached hydrogen (secondary N) is 1. The molecule has 0 amide bonds. The van der Waals surface area contributed by atoms with Gasteiger partial charge in [0.1, 0.15) is 0 Å². The van der Waals surface area contributed by atoms with E-state index in [1.165, 1.54) is 55.1 Å². The summed E-state index contributed by atoms with van der Waals surface area (Å²) in [6, 6.07) is 21.2. The quantitative estimate of drug-likeness (QED) is 0.0798. The molecule has 3 aromatic carbocycles. The normalized spacial score (nSPS) is 19.0. The van der Waals surface area contributed by atoms with Gasteiger partial charge in [0.25, 0.3) is 10.1 Å². The van der Waals surface area contributed by atoms with E-state index >= 15 is 0 Å². The number of benzene rings is 3. The average molecular weight is 923 g/mol. The number of hydrogen-bond donors (Lipinski definition) is 2. The second-order valence-corrected chi connectivity index (χ2v) is 25.3. The van der Waals surface area contributed by atoms with Crippen molar-refractivity contribution >= 4 is 39.0 Å². The van der Waals surface area contributed by atoms with Gasteiger partial charge in [-0.05, 0) is 132 Å².